The minimum atomic E-state index is 0.0362. The maximum Gasteiger partial charge on any atom is 0.224 e. The monoisotopic (exact) mass is 348 g/mol. The maximum atomic E-state index is 11.9. The van der Waals surface area contributed by atoms with Crippen molar-refractivity contribution in [2.45, 2.75) is 31.7 Å². The second-order valence-corrected chi connectivity index (χ2v) is 6.23. The lowest BCUT2D eigenvalue weighted by molar-refractivity contribution is -0.120. The van der Waals surface area contributed by atoms with E-state index in [0.717, 1.165) is 22.4 Å². The quantitative estimate of drug-likeness (QED) is 0.871. The summed E-state index contributed by atoms with van der Waals surface area (Å²) in [6.07, 6.45) is 4.55. The van der Waals surface area contributed by atoms with Crippen molar-refractivity contribution in [2.24, 2.45) is 0 Å². The minimum absolute atomic E-state index is 0.0362. The zero-order valence-corrected chi connectivity index (χ0v) is 13.2. The Balaban J connectivity index is 1.46. The van der Waals surface area contributed by atoms with Crippen LogP contribution in [0.2, 0.25) is 0 Å². The van der Waals surface area contributed by atoms with Crippen molar-refractivity contribution in [3.05, 3.63) is 46.5 Å². The number of carbonyl (C=O) groups is 1. The van der Waals surface area contributed by atoms with Crippen LogP contribution in [0.15, 0.2) is 35.1 Å². The predicted octanol–water partition coefficient (Wildman–Crippen LogP) is 2.28. The Morgan fingerprint density at radius 2 is 2.29 bits per heavy atom. The van der Waals surface area contributed by atoms with Crippen molar-refractivity contribution in [3.63, 3.8) is 0 Å². The van der Waals surface area contributed by atoms with Crippen molar-refractivity contribution in [3.8, 4) is 0 Å². The van der Waals surface area contributed by atoms with Crippen LogP contribution in [0.5, 0.6) is 0 Å². The molecule has 2 aromatic rings. The summed E-state index contributed by atoms with van der Waals surface area (Å²) in [5.74, 6) is 1.66. The van der Waals surface area contributed by atoms with E-state index >= 15 is 0 Å². The van der Waals surface area contributed by atoms with Crippen molar-refractivity contribution < 1.29 is 4.79 Å². The van der Waals surface area contributed by atoms with Crippen molar-refractivity contribution in [1.82, 2.24) is 20.1 Å². The molecule has 1 amide bonds. The number of hydrogen-bond donors (Lipinski definition) is 1. The number of benzene rings is 1. The summed E-state index contributed by atoms with van der Waals surface area (Å²) in [6, 6.07) is 7.80. The smallest absolute Gasteiger partial charge is 0.224 e. The van der Waals surface area contributed by atoms with Gasteiger partial charge in [-0.05, 0) is 30.5 Å². The van der Waals surface area contributed by atoms with Crippen LogP contribution in [-0.2, 0) is 17.8 Å². The molecule has 0 spiro atoms. The summed E-state index contributed by atoms with van der Waals surface area (Å²) in [5.41, 5.74) is 1.00. The Bertz CT molecular complexity index is 636. The molecule has 0 aliphatic heterocycles. The second kappa shape index (κ2) is 6.39. The van der Waals surface area contributed by atoms with E-state index in [2.05, 4.69) is 31.4 Å². The average molecular weight is 349 g/mol. The van der Waals surface area contributed by atoms with Gasteiger partial charge in [0.15, 0.2) is 0 Å². The molecule has 21 heavy (non-hydrogen) atoms. The summed E-state index contributed by atoms with van der Waals surface area (Å²) in [5, 5.41) is 11.0. The van der Waals surface area contributed by atoms with E-state index in [1.54, 1.807) is 6.33 Å². The first-order valence-corrected chi connectivity index (χ1v) is 7.90. The lowest BCUT2D eigenvalue weighted by atomic mass is 10.1. The molecule has 0 atom stereocenters. The zero-order valence-electron chi connectivity index (χ0n) is 11.6. The SMILES string of the molecule is O=C(Cc1cccc(Br)c1)NCCn1cnnc1C1CC1. The number of amides is 1. The van der Waals surface area contributed by atoms with Gasteiger partial charge in [0.25, 0.3) is 0 Å². The van der Waals surface area contributed by atoms with Gasteiger partial charge in [-0.1, -0.05) is 28.1 Å². The predicted molar refractivity (Wildman–Crippen MR) is 82.9 cm³/mol. The summed E-state index contributed by atoms with van der Waals surface area (Å²) in [7, 11) is 0. The van der Waals surface area contributed by atoms with Gasteiger partial charge in [-0.3, -0.25) is 4.79 Å². The third kappa shape index (κ3) is 3.91. The molecule has 1 aromatic carbocycles. The third-order valence-corrected chi connectivity index (χ3v) is 4.01. The van der Waals surface area contributed by atoms with Gasteiger partial charge < -0.3 is 9.88 Å². The first kappa shape index (κ1) is 14.3. The molecule has 1 aromatic heterocycles. The number of aromatic nitrogens is 3. The highest BCUT2D eigenvalue weighted by Gasteiger charge is 2.28. The molecule has 3 rings (SSSR count). The van der Waals surface area contributed by atoms with Gasteiger partial charge in [0.2, 0.25) is 5.91 Å². The normalized spacial score (nSPS) is 14.1. The largest absolute Gasteiger partial charge is 0.354 e. The van der Waals surface area contributed by atoms with Crippen molar-refractivity contribution >= 4 is 21.8 Å². The Morgan fingerprint density at radius 1 is 1.43 bits per heavy atom. The van der Waals surface area contributed by atoms with Crippen LogP contribution in [0.25, 0.3) is 0 Å². The molecule has 1 saturated carbocycles. The summed E-state index contributed by atoms with van der Waals surface area (Å²) < 4.78 is 3.03. The summed E-state index contributed by atoms with van der Waals surface area (Å²) in [6.45, 7) is 1.33. The molecule has 1 aliphatic rings. The maximum absolute atomic E-state index is 11.9. The number of rotatable bonds is 6. The molecule has 0 unspecified atom stereocenters. The van der Waals surface area contributed by atoms with Gasteiger partial charge in [-0.2, -0.15) is 0 Å². The molecule has 1 fully saturated rings. The highest BCUT2D eigenvalue weighted by atomic mass is 79.9. The standard InChI is InChI=1S/C15H17BrN4O/c16-13-3-1-2-11(8-13)9-14(21)17-6-7-20-10-18-19-15(20)12-4-5-12/h1-3,8,10,12H,4-7,9H2,(H,17,21). The molecular formula is C15H17BrN4O. The van der Waals surface area contributed by atoms with E-state index in [0.29, 0.717) is 18.9 Å². The van der Waals surface area contributed by atoms with Gasteiger partial charge in [-0.15, -0.1) is 10.2 Å². The number of hydrogen-bond acceptors (Lipinski definition) is 3. The van der Waals surface area contributed by atoms with Crippen LogP contribution in [0.1, 0.15) is 30.1 Å². The molecule has 110 valence electrons. The van der Waals surface area contributed by atoms with Crippen LogP contribution >= 0.6 is 15.9 Å². The second-order valence-electron chi connectivity index (χ2n) is 5.31. The van der Waals surface area contributed by atoms with Gasteiger partial charge in [0.05, 0.1) is 6.42 Å². The fraction of sp³-hybridized carbons (Fsp3) is 0.400. The number of halogens is 1. The average Bonchev–Trinajstić information content (AvgIpc) is 3.19. The van der Waals surface area contributed by atoms with E-state index in [1.807, 2.05) is 28.8 Å². The molecule has 6 heteroatoms. The highest BCUT2D eigenvalue weighted by Crippen LogP contribution is 2.38. The van der Waals surface area contributed by atoms with E-state index in [9.17, 15) is 4.79 Å². The fourth-order valence-electron chi connectivity index (χ4n) is 2.30. The lowest BCUT2D eigenvalue weighted by Crippen LogP contribution is -2.28. The van der Waals surface area contributed by atoms with Gasteiger partial charge >= 0.3 is 0 Å². The van der Waals surface area contributed by atoms with E-state index in [-0.39, 0.29) is 5.91 Å². The first-order valence-electron chi connectivity index (χ1n) is 7.11. The lowest BCUT2D eigenvalue weighted by Gasteiger charge is -2.08. The molecule has 0 saturated heterocycles. The molecule has 0 bridgehead atoms. The van der Waals surface area contributed by atoms with Crippen LogP contribution < -0.4 is 5.32 Å². The van der Waals surface area contributed by atoms with Crippen molar-refractivity contribution in [1.29, 1.82) is 0 Å². The zero-order chi connectivity index (χ0) is 14.7. The summed E-state index contributed by atoms with van der Waals surface area (Å²) in [4.78, 5) is 11.9. The molecule has 0 radical (unpaired) electrons. The van der Waals surface area contributed by atoms with Crippen LogP contribution in [-0.4, -0.2) is 27.2 Å². The third-order valence-electron chi connectivity index (χ3n) is 3.52. The van der Waals surface area contributed by atoms with E-state index in [1.165, 1.54) is 12.8 Å². The Labute approximate surface area is 131 Å². The van der Waals surface area contributed by atoms with E-state index < -0.39 is 0 Å². The van der Waals surface area contributed by atoms with Crippen LogP contribution in [0.4, 0.5) is 0 Å². The molecule has 1 aliphatic carbocycles. The van der Waals surface area contributed by atoms with Crippen molar-refractivity contribution in [2.75, 3.05) is 6.54 Å². The topological polar surface area (TPSA) is 59.8 Å². The van der Waals surface area contributed by atoms with Crippen LogP contribution in [0.3, 0.4) is 0 Å². The Hall–Kier alpha value is -1.69. The Kier molecular flexibility index (Phi) is 4.34. The van der Waals surface area contributed by atoms with E-state index in [4.69, 9.17) is 0 Å². The summed E-state index contributed by atoms with van der Waals surface area (Å²) >= 11 is 3.41. The highest BCUT2D eigenvalue weighted by molar-refractivity contribution is 9.10. The number of carbonyl (C=O) groups excluding carboxylic acids is 1. The molecule has 1 N–H and O–H groups in total. The van der Waals surface area contributed by atoms with Gasteiger partial charge in [0, 0.05) is 23.5 Å². The molecule has 5 nitrogen and oxygen atoms in total. The molecular weight excluding hydrogens is 332 g/mol. The minimum Gasteiger partial charge on any atom is -0.354 e. The number of nitrogens with one attached hydrogen (secondary N) is 1. The van der Waals surface area contributed by atoms with Crippen LogP contribution in [0, 0.1) is 0 Å². The Morgan fingerprint density at radius 3 is 3.05 bits per heavy atom. The molecule has 1 heterocycles. The first-order chi connectivity index (χ1) is 10.2. The fourth-order valence-corrected chi connectivity index (χ4v) is 2.75. The number of nitrogens with zero attached hydrogens (tertiary/aromatic N) is 3. The van der Waals surface area contributed by atoms with Gasteiger partial charge in [0.1, 0.15) is 12.2 Å². The van der Waals surface area contributed by atoms with Gasteiger partial charge in [-0.25, -0.2) is 0 Å².